The molecule has 1 atom stereocenters. The molecule has 6 aromatic rings. The maximum Gasteiger partial charge on any atom is 0.143 e. The summed E-state index contributed by atoms with van der Waals surface area (Å²) in [5.41, 5.74) is 5.83. The normalized spacial score (nSPS) is 13.1. The molecule has 0 saturated carbocycles. The van der Waals surface area contributed by atoms with E-state index < -0.39 is 5.54 Å². The molecule has 176 valence electrons. The topological polar surface area (TPSA) is 39.9 Å². The molecule has 3 heterocycles. The number of methoxy groups -OCH3 is 1. The molecule has 0 spiro atoms. The average Bonchev–Trinajstić information content (AvgIpc) is 3.25. The summed E-state index contributed by atoms with van der Waals surface area (Å²) in [7, 11) is 1.70. The molecule has 4 nitrogen and oxygen atoms in total. The first kappa shape index (κ1) is 22.5. The van der Waals surface area contributed by atoms with Crippen LogP contribution in [0.15, 0.2) is 114 Å². The second-order valence-electron chi connectivity index (χ2n) is 8.90. The summed E-state index contributed by atoms with van der Waals surface area (Å²) in [6.45, 7) is 2.12. The second kappa shape index (κ2) is 8.92. The van der Waals surface area contributed by atoms with E-state index in [1.54, 1.807) is 7.11 Å². The van der Waals surface area contributed by atoms with Crippen LogP contribution in [0.2, 0.25) is 0 Å². The van der Waals surface area contributed by atoms with Crippen molar-refractivity contribution in [3.8, 4) is 5.75 Å². The summed E-state index contributed by atoms with van der Waals surface area (Å²) in [6.07, 6.45) is 3.79. The summed E-state index contributed by atoms with van der Waals surface area (Å²) in [5.74, 6) is 0.817. The summed E-state index contributed by atoms with van der Waals surface area (Å²) in [6, 6.07) is 34.0. The minimum atomic E-state index is -0.712. The van der Waals surface area contributed by atoms with Crippen LogP contribution >= 0.6 is 15.9 Å². The highest BCUT2D eigenvalue weighted by Gasteiger charge is 2.41. The molecule has 0 aliphatic rings. The van der Waals surface area contributed by atoms with E-state index in [-0.39, 0.29) is 0 Å². The van der Waals surface area contributed by atoms with Crippen molar-refractivity contribution in [2.75, 3.05) is 7.11 Å². The predicted molar refractivity (Wildman–Crippen MR) is 149 cm³/mol. The Morgan fingerprint density at radius 2 is 1.42 bits per heavy atom. The van der Waals surface area contributed by atoms with Crippen LogP contribution in [0.4, 0.5) is 0 Å². The largest absolute Gasteiger partial charge is 0.497 e. The maximum absolute atomic E-state index is 5.52. The zero-order valence-corrected chi connectivity index (χ0v) is 21.6. The number of aromatic nitrogens is 3. The molecule has 0 aliphatic heterocycles. The third kappa shape index (κ3) is 3.42. The highest BCUT2D eigenvalue weighted by molar-refractivity contribution is 9.10. The first-order chi connectivity index (χ1) is 17.6. The zero-order chi connectivity index (χ0) is 24.7. The van der Waals surface area contributed by atoms with Gasteiger partial charge < -0.3 is 9.30 Å². The van der Waals surface area contributed by atoms with Gasteiger partial charge in [0.1, 0.15) is 21.5 Å². The molecule has 6 rings (SSSR count). The van der Waals surface area contributed by atoms with Crippen molar-refractivity contribution in [1.82, 2.24) is 14.5 Å². The van der Waals surface area contributed by atoms with Crippen LogP contribution in [0.25, 0.3) is 21.9 Å². The smallest absolute Gasteiger partial charge is 0.143 e. The fourth-order valence-electron chi connectivity index (χ4n) is 5.24. The quantitative estimate of drug-likeness (QED) is 0.170. The van der Waals surface area contributed by atoms with Crippen LogP contribution in [0.5, 0.6) is 5.75 Å². The van der Waals surface area contributed by atoms with E-state index in [1.165, 1.54) is 5.56 Å². The monoisotopic (exact) mass is 533 g/mol. The molecule has 0 fully saturated rings. The lowest BCUT2D eigenvalue weighted by atomic mass is 9.76. The summed E-state index contributed by atoms with van der Waals surface area (Å²) in [4.78, 5) is 9.50. The molecular weight excluding hydrogens is 510 g/mol. The number of halogens is 1. The van der Waals surface area contributed by atoms with E-state index in [0.717, 1.165) is 49.0 Å². The number of aryl methyl sites for hydroxylation is 1. The van der Waals surface area contributed by atoms with Crippen molar-refractivity contribution in [3.63, 3.8) is 0 Å². The Morgan fingerprint density at radius 3 is 2.11 bits per heavy atom. The standard InChI is InChI=1S/C31H24BrN3O/c1-21-8-10-23(11-9-21)31(22-6-4-3-5-7-22,24-12-14-25(36-2)15-13-24)35-28-18-19-33-20-27(28)26-16-17-29(32)34-30(26)35/h3-20H,1-2H3. The fraction of sp³-hybridized carbons (Fsp3) is 0.0968. The lowest BCUT2D eigenvalue weighted by molar-refractivity contribution is 0.414. The van der Waals surface area contributed by atoms with Crippen LogP contribution in [-0.2, 0) is 5.54 Å². The number of benzene rings is 3. The Labute approximate surface area is 218 Å². The molecular formula is C31H24BrN3O. The molecule has 3 aromatic heterocycles. The first-order valence-corrected chi connectivity index (χ1v) is 12.6. The van der Waals surface area contributed by atoms with E-state index in [1.807, 2.05) is 30.6 Å². The van der Waals surface area contributed by atoms with Crippen LogP contribution in [0, 0.1) is 6.92 Å². The Balaban J connectivity index is 1.87. The lowest BCUT2D eigenvalue weighted by Gasteiger charge is -2.38. The number of ether oxygens (including phenoxy) is 1. The van der Waals surface area contributed by atoms with E-state index in [0.29, 0.717) is 0 Å². The van der Waals surface area contributed by atoms with Gasteiger partial charge in [-0.1, -0.05) is 72.3 Å². The number of hydrogen-bond donors (Lipinski definition) is 0. The summed E-state index contributed by atoms with van der Waals surface area (Å²) >= 11 is 3.63. The first-order valence-electron chi connectivity index (χ1n) is 11.8. The molecule has 5 heteroatoms. The van der Waals surface area contributed by atoms with E-state index >= 15 is 0 Å². The Hall–Kier alpha value is -3.96. The van der Waals surface area contributed by atoms with Gasteiger partial charge in [-0.3, -0.25) is 4.98 Å². The summed E-state index contributed by atoms with van der Waals surface area (Å²) < 4.78 is 8.67. The zero-order valence-electron chi connectivity index (χ0n) is 20.0. The highest BCUT2D eigenvalue weighted by Crippen LogP contribution is 2.46. The average molecular weight is 534 g/mol. The van der Waals surface area contributed by atoms with Crippen LogP contribution in [0.1, 0.15) is 22.3 Å². The lowest BCUT2D eigenvalue weighted by Crippen LogP contribution is -2.37. The summed E-state index contributed by atoms with van der Waals surface area (Å²) in [5, 5.41) is 2.12. The van der Waals surface area contributed by atoms with Crippen molar-refractivity contribution in [1.29, 1.82) is 0 Å². The molecule has 0 saturated heterocycles. The molecule has 36 heavy (non-hydrogen) atoms. The third-order valence-electron chi connectivity index (χ3n) is 6.89. The molecule has 1 unspecified atom stereocenters. The van der Waals surface area contributed by atoms with Gasteiger partial charge in [0.2, 0.25) is 0 Å². The molecule has 3 aromatic carbocycles. The van der Waals surface area contributed by atoms with Crippen molar-refractivity contribution in [2.24, 2.45) is 0 Å². The third-order valence-corrected chi connectivity index (χ3v) is 7.33. The molecule has 0 amide bonds. The van der Waals surface area contributed by atoms with Gasteiger partial charge >= 0.3 is 0 Å². The number of nitrogens with zero attached hydrogens (tertiary/aromatic N) is 3. The van der Waals surface area contributed by atoms with Gasteiger partial charge in [0.05, 0.1) is 12.6 Å². The van der Waals surface area contributed by atoms with Gasteiger partial charge in [0.25, 0.3) is 0 Å². The van der Waals surface area contributed by atoms with E-state index in [9.17, 15) is 0 Å². The molecule has 0 aliphatic carbocycles. The van der Waals surface area contributed by atoms with Crippen molar-refractivity contribution < 1.29 is 4.74 Å². The SMILES string of the molecule is COc1ccc(C(c2ccccc2)(c2ccc(C)cc2)n2c3ccncc3c3ccc(Br)nc32)cc1. The van der Waals surface area contributed by atoms with Crippen LogP contribution in [0.3, 0.4) is 0 Å². The van der Waals surface area contributed by atoms with Crippen molar-refractivity contribution in [3.05, 3.63) is 136 Å². The van der Waals surface area contributed by atoms with Gasteiger partial charge in [-0.2, -0.15) is 0 Å². The fourth-order valence-corrected chi connectivity index (χ4v) is 5.54. The molecule has 0 N–H and O–H groups in total. The van der Waals surface area contributed by atoms with Crippen molar-refractivity contribution in [2.45, 2.75) is 12.5 Å². The van der Waals surface area contributed by atoms with Gasteiger partial charge in [-0.15, -0.1) is 0 Å². The number of rotatable bonds is 5. The van der Waals surface area contributed by atoms with E-state index in [2.05, 4.69) is 111 Å². The Kier molecular flexibility index (Phi) is 5.57. The van der Waals surface area contributed by atoms with Crippen LogP contribution < -0.4 is 4.74 Å². The van der Waals surface area contributed by atoms with Gasteiger partial charge in [0.15, 0.2) is 0 Å². The van der Waals surface area contributed by atoms with Gasteiger partial charge in [-0.25, -0.2) is 4.98 Å². The van der Waals surface area contributed by atoms with Gasteiger partial charge in [0, 0.05) is 23.2 Å². The van der Waals surface area contributed by atoms with Gasteiger partial charge in [-0.05, 0) is 69.9 Å². The molecule has 0 bridgehead atoms. The number of hydrogen-bond acceptors (Lipinski definition) is 3. The van der Waals surface area contributed by atoms with Crippen molar-refractivity contribution >= 4 is 37.9 Å². The molecule has 0 radical (unpaired) electrons. The number of fused-ring (bicyclic) bond motifs is 3. The predicted octanol–water partition coefficient (Wildman–Crippen LogP) is 7.50. The maximum atomic E-state index is 5.52. The number of pyridine rings is 2. The Bertz CT molecular complexity index is 1680. The van der Waals surface area contributed by atoms with E-state index in [4.69, 9.17) is 9.72 Å². The second-order valence-corrected chi connectivity index (χ2v) is 9.72. The minimum Gasteiger partial charge on any atom is -0.497 e. The minimum absolute atomic E-state index is 0.712. The Morgan fingerprint density at radius 1 is 0.750 bits per heavy atom. The van der Waals surface area contributed by atoms with Crippen LogP contribution in [-0.4, -0.2) is 21.6 Å². The highest BCUT2D eigenvalue weighted by atomic mass is 79.9.